The second-order valence-corrected chi connectivity index (χ2v) is 8.18. The zero-order valence-electron chi connectivity index (χ0n) is 13.0. The highest BCUT2D eigenvalue weighted by Gasteiger charge is 2.25. The average Bonchev–Trinajstić information content (AvgIpc) is 2.52. The van der Waals surface area contributed by atoms with E-state index in [1.165, 1.54) is 0 Å². The van der Waals surface area contributed by atoms with Gasteiger partial charge in [0.2, 0.25) is 15.1 Å². The molecule has 0 aliphatic heterocycles. The van der Waals surface area contributed by atoms with Crippen LogP contribution in [-0.4, -0.2) is 25.8 Å². The Morgan fingerprint density at radius 1 is 1.00 bits per heavy atom. The second kappa shape index (κ2) is 7.77. The van der Waals surface area contributed by atoms with Crippen LogP contribution in [0.5, 0.6) is 0 Å². The molecule has 0 radical (unpaired) electrons. The summed E-state index contributed by atoms with van der Waals surface area (Å²) in [6.07, 6.45) is 1.12. The van der Waals surface area contributed by atoms with E-state index in [0.29, 0.717) is 5.56 Å². The third kappa shape index (κ3) is 5.49. The van der Waals surface area contributed by atoms with Crippen molar-refractivity contribution in [3.8, 4) is 0 Å². The van der Waals surface area contributed by atoms with E-state index in [9.17, 15) is 13.2 Å². The fourth-order valence-corrected chi connectivity index (χ4v) is 4.22. The lowest BCUT2D eigenvalue weighted by Crippen LogP contribution is -2.35. The first-order chi connectivity index (χ1) is 10.9. The molecule has 0 unspecified atom stereocenters. The Morgan fingerprint density at radius 3 is 2.04 bits per heavy atom. The van der Waals surface area contributed by atoms with Gasteiger partial charge in [-0.1, -0.05) is 72.4 Å². The van der Waals surface area contributed by atoms with Crippen LogP contribution in [0.2, 0.25) is 0 Å². The van der Waals surface area contributed by atoms with Gasteiger partial charge in [0.1, 0.15) is 0 Å². The van der Waals surface area contributed by atoms with Crippen molar-refractivity contribution in [1.82, 2.24) is 4.72 Å². The van der Waals surface area contributed by atoms with E-state index in [1.54, 1.807) is 19.1 Å². The molecule has 0 saturated carbocycles. The molecule has 6 heteroatoms. The van der Waals surface area contributed by atoms with Crippen molar-refractivity contribution in [2.75, 3.05) is 6.26 Å². The summed E-state index contributed by atoms with van der Waals surface area (Å²) in [6.45, 7) is 1.77. The fraction of sp³-hybridized carbons (Fsp3) is 0.235. The molecule has 4 nitrogen and oxygen atoms in total. The molecule has 0 aliphatic rings. The Balaban J connectivity index is 2.25. The molecule has 0 aromatic heterocycles. The van der Waals surface area contributed by atoms with Gasteiger partial charge >= 0.3 is 0 Å². The first kappa shape index (κ1) is 17.7. The predicted molar refractivity (Wildman–Crippen MR) is 95.0 cm³/mol. The molecule has 1 N–H and O–H groups in total. The van der Waals surface area contributed by atoms with Crippen molar-refractivity contribution < 1.29 is 13.2 Å². The van der Waals surface area contributed by atoms with Gasteiger partial charge in [0.25, 0.3) is 0 Å². The summed E-state index contributed by atoms with van der Waals surface area (Å²) >= 11 is 1.13. The monoisotopic (exact) mass is 349 g/mol. The van der Waals surface area contributed by atoms with E-state index in [2.05, 4.69) is 4.72 Å². The highest BCUT2D eigenvalue weighted by atomic mass is 32.2. The van der Waals surface area contributed by atoms with E-state index in [0.717, 1.165) is 23.6 Å². The SMILES string of the molecule is C[C@@H](NS(C)(=O)=O)[C@@H](SC(=O)c1ccccc1)c1ccccc1. The van der Waals surface area contributed by atoms with Crippen LogP contribution in [0, 0.1) is 0 Å². The molecule has 0 amide bonds. The summed E-state index contributed by atoms with van der Waals surface area (Å²) in [7, 11) is -3.35. The van der Waals surface area contributed by atoms with Crippen LogP contribution in [0.15, 0.2) is 60.7 Å². The first-order valence-corrected chi connectivity index (χ1v) is 9.92. The summed E-state index contributed by atoms with van der Waals surface area (Å²) in [5.74, 6) is 0. The number of benzene rings is 2. The number of hydrogen-bond acceptors (Lipinski definition) is 4. The zero-order valence-corrected chi connectivity index (χ0v) is 14.6. The molecule has 0 bridgehead atoms. The van der Waals surface area contributed by atoms with Gasteiger partial charge in [-0.3, -0.25) is 4.79 Å². The maximum absolute atomic E-state index is 12.5. The molecule has 2 rings (SSSR count). The summed E-state index contributed by atoms with van der Waals surface area (Å²) in [5, 5.41) is -0.389. The summed E-state index contributed by atoms with van der Waals surface area (Å²) in [5.41, 5.74) is 1.51. The highest BCUT2D eigenvalue weighted by molar-refractivity contribution is 8.14. The van der Waals surface area contributed by atoms with Crippen LogP contribution in [0.25, 0.3) is 0 Å². The van der Waals surface area contributed by atoms with Gasteiger partial charge in [-0.25, -0.2) is 13.1 Å². The minimum Gasteiger partial charge on any atom is -0.282 e. The second-order valence-electron chi connectivity index (χ2n) is 5.28. The zero-order chi connectivity index (χ0) is 16.9. The summed E-state index contributed by atoms with van der Waals surface area (Å²) < 4.78 is 25.6. The molecular formula is C17H19NO3S2. The van der Waals surface area contributed by atoms with Crippen molar-refractivity contribution in [3.63, 3.8) is 0 Å². The lowest BCUT2D eigenvalue weighted by atomic mass is 10.1. The fourth-order valence-electron chi connectivity index (χ4n) is 2.26. The number of thioether (sulfide) groups is 1. The van der Waals surface area contributed by atoms with Crippen LogP contribution in [-0.2, 0) is 10.0 Å². The van der Waals surface area contributed by atoms with Gasteiger partial charge in [-0.15, -0.1) is 0 Å². The Kier molecular flexibility index (Phi) is 5.98. The van der Waals surface area contributed by atoms with Gasteiger partial charge < -0.3 is 0 Å². The molecule has 2 atom stereocenters. The molecule has 0 aliphatic carbocycles. The van der Waals surface area contributed by atoms with Gasteiger partial charge in [0.05, 0.1) is 11.5 Å². The van der Waals surface area contributed by atoms with Crippen molar-refractivity contribution in [3.05, 3.63) is 71.8 Å². The quantitative estimate of drug-likeness (QED) is 0.869. The Bertz CT molecular complexity index is 746. The van der Waals surface area contributed by atoms with E-state index < -0.39 is 16.1 Å². The molecule has 0 heterocycles. The van der Waals surface area contributed by atoms with Crippen LogP contribution in [0.3, 0.4) is 0 Å². The summed E-state index contributed by atoms with van der Waals surface area (Å²) in [4.78, 5) is 12.5. The molecule has 0 saturated heterocycles. The molecule has 0 spiro atoms. The standard InChI is InChI=1S/C17H19NO3S2/c1-13(18-23(2,20)21)16(14-9-5-3-6-10-14)22-17(19)15-11-7-4-8-12-15/h3-13,16,18H,1-2H3/t13-,16-/m1/s1. The van der Waals surface area contributed by atoms with Crippen LogP contribution in [0.4, 0.5) is 0 Å². The third-order valence-corrected chi connectivity index (χ3v) is 5.41. The smallest absolute Gasteiger partial charge is 0.220 e. The molecule has 2 aromatic rings. The van der Waals surface area contributed by atoms with Crippen molar-refractivity contribution in [2.45, 2.75) is 18.2 Å². The van der Waals surface area contributed by atoms with Crippen LogP contribution >= 0.6 is 11.8 Å². The van der Waals surface area contributed by atoms with E-state index >= 15 is 0 Å². The van der Waals surface area contributed by atoms with Crippen molar-refractivity contribution >= 4 is 26.9 Å². The largest absolute Gasteiger partial charge is 0.282 e. The number of nitrogens with one attached hydrogen (secondary N) is 1. The van der Waals surface area contributed by atoms with Gasteiger partial charge in [0, 0.05) is 11.6 Å². The van der Waals surface area contributed by atoms with E-state index in [-0.39, 0.29) is 10.4 Å². The normalized spacial score (nSPS) is 14.2. The molecule has 23 heavy (non-hydrogen) atoms. The van der Waals surface area contributed by atoms with Gasteiger partial charge in [-0.05, 0) is 12.5 Å². The number of sulfonamides is 1. The highest BCUT2D eigenvalue weighted by Crippen LogP contribution is 2.34. The molecule has 2 aromatic carbocycles. The lowest BCUT2D eigenvalue weighted by molar-refractivity contribution is 0.108. The Labute approximate surface area is 141 Å². The van der Waals surface area contributed by atoms with Crippen molar-refractivity contribution in [1.29, 1.82) is 0 Å². The maximum Gasteiger partial charge on any atom is 0.220 e. The Hall–Kier alpha value is -1.63. The van der Waals surface area contributed by atoms with Crippen LogP contribution in [0.1, 0.15) is 28.1 Å². The predicted octanol–water partition coefficient (Wildman–Crippen LogP) is 3.24. The number of rotatable bonds is 6. The Morgan fingerprint density at radius 2 is 1.52 bits per heavy atom. The topological polar surface area (TPSA) is 63.2 Å². The number of carbonyl (C=O) groups is 1. The minimum atomic E-state index is -3.35. The third-order valence-electron chi connectivity index (χ3n) is 3.23. The summed E-state index contributed by atoms with van der Waals surface area (Å²) in [6, 6.07) is 18.0. The van der Waals surface area contributed by atoms with Gasteiger partial charge in [-0.2, -0.15) is 0 Å². The molecule has 0 fully saturated rings. The average molecular weight is 349 g/mol. The molecular weight excluding hydrogens is 330 g/mol. The van der Waals surface area contributed by atoms with E-state index in [4.69, 9.17) is 0 Å². The van der Waals surface area contributed by atoms with E-state index in [1.807, 2.05) is 48.5 Å². The molecule has 122 valence electrons. The lowest BCUT2D eigenvalue weighted by Gasteiger charge is -2.23. The van der Waals surface area contributed by atoms with Gasteiger partial charge in [0.15, 0.2) is 0 Å². The van der Waals surface area contributed by atoms with Crippen LogP contribution < -0.4 is 4.72 Å². The first-order valence-electron chi connectivity index (χ1n) is 7.15. The number of carbonyl (C=O) groups excluding carboxylic acids is 1. The maximum atomic E-state index is 12.5. The van der Waals surface area contributed by atoms with Crippen molar-refractivity contribution in [2.24, 2.45) is 0 Å². The number of hydrogen-bond donors (Lipinski definition) is 1. The minimum absolute atomic E-state index is 0.0818.